The molecule has 16 nitrogen and oxygen atoms in total. The van der Waals surface area contributed by atoms with Gasteiger partial charge in [0.25, 0.3) is 5.91 Å². The molecule has 18 heteroatoms. The lowest BCUT2D eigenvalue weighted by molar-refractivity contribution is -0.142. The molecule has 6 heterocycles. The molecule has 3 aliphatic heterocycles. The van der Waals surface area contributed by atoms with E-state index in [4.69, 9.17) is 14.5 Å². The van der Waals surface area contributed by atoms with Gasteiger partial charge in [-0.25, -0.2) is 4.98 Å². The monoisotopic (exact) mass is 1030 g/mol. The molecule has 2 saturated heterocycles. The lowest BCUT2D eigenvalue weighted by atomic mass is 9.85. The zero-order valence-electron chi connectivity index (χ0n) is 42.8. The van der Waals surface area contributed by atoms with E-state index in [0.29, 0.717) is 17.1 Å². The lowest BCUT2D eigenvalue weighted by Crippen LogP contribution is -2.57. The number of thiazole rings is 1. The highest BCUT2D eigenvalue weighted by atomic mass is 32.1. The molecule has 2 fully saturated rings. The van der Waals surface area contributed by atoms with Crippen molar-refractivity contribution in [3.05, 3.63) is 128 Å². The van der Waals surface area contributed by atoms with E-state index in [1.54, 1.807) is 40.9 Å². The normalized spacial score (nSPS) is 18.8. The van der Waals surface area contributed by atoms with E-state index in [-0.39, 0.29) is 43.4 Å². The molecule has 382 valence electrons. The maximum absolute atomic E-state index is 14.4. The molecule has 0 saturated carbocycles. The first-order valence-corrected chi connectivity index (χ1v) is 26.5. The maximum atomic E-state index is 14.4. The summed E-state index contributed by atoms with van der Waals surface area (Å²) in [5.41, 5.74) is 9.29. The third-order valence-corrected chi connectivity index (χ3v) is 16.4. The standard InChI is InChI=1S/C55H63N9O7S2/c1-30-33(4)73-54-46(30)47(58-43(27-45(66)70-9)50-61-60-34(5)64(50)54)36-17-19-39(20-18-36)62-23-21-41(22-24-62)71-42-12-10-11-38(25-42)51(67)59-49(55(6,7)8)53(69)63-28-40(65)26-44(63)52(68)57-31(2)35-13-15-37(16-14-35)48-32(3)56-29-72-48/h10-20,25,29,31,40-41,43-44,49,65H,21-24,26-28H2,1-9H3,(H,57,68)(H,59,67)/t31-,40+,43-,44-,49+/m0/s1. The smallest absolute Gasteiger partial charge is 0.308 e. The van der Waals surface area contributed by atoms with Crippen LogP contribution in [-0.4, -0.2) is 110 Å². The fourth-order valence-corrected chi connectivity index (χ4v) is 12.0. The van der Waals surface area contributed by atoms with Crippen LogP contribution < -0.4 is 20.3 Å². The molecule has 3 N–H and O–H groups in total. The molecule has 3 aromatic carbocycles. The minimum Gasteiger partial charge on any atom is -0.490 e. The van der Waals surface area contributed by atoms with E-state index in [2.05, 4.69) is 68.8 Å². The van der Waals surface area contributed by atoms with Gasteiger partial charge in [0.2, 0.25) is 11.8 Å². The number of β-amino-alcohol motifs (C(OH)–C–C–N with tert-alkyl or cyclic N) is 1. The number of esters is 1. The lowest BCUT2D eigenvalue weighted by Gasteiger charge is -2.35. The van der Waals surface area contributed by atoms with Crippen LogP contribution >= 0.6 is 22.7 Å². The predicted octanol–water partition coefficient (Wildman–Crippen LogP) is 8.17. The Morgan fingerprint density at radius 1 is 0.918 bits per heavy atom. The van der Waals surface area contributed by atoms with Crippen molar-refractivity contribution in [2.45, 2.75) is 117 Å². The van der Waals surface area contributed by atoms with Gasteiger partial charge in [0, 0.05) is 66.2 Å². The number of likely N-dealkylation sites (tertiary alicyclic amines) is 1. The number of hydrogen-bond acceptors (Lipinski definition) is 14. The molecule has 0 radical (unpaired) electrons. The average molecular weight is 1030 g/mol. The molecule has 3 amide bonds. The van der Waals surface area contributed by atoms with Crippen LogP contribution in [0, 0.1) is 33.1 Å². The highest BCUT2D eigenvalue weighted by Crippen LogP contribution is 2.40. The number of aliphatic imine (C=N–C) groups is 1. The van der Waals surface area contributed by atoms with Crippen LogP contribution in [0.2, 0.25) is 0 Å². The number of carbonyl (C=O) groups excluding carboxylic acids is 4. The molecule has 5 atom stereocenters. The second-order valence-corrected chi connectivity index (χ2v) is 22.4. The number of ether oxygens (including phenoxy) is 2. The van der Waals surface area contributed by atoms with Crippen LogP contribution in [0.1, 0.15) is 120 Å². The van der Waals surface area contributed by atoms with Crippen LogP contribution in [0.15, 0.2) is 83.3 Å². The van der Waals surface area contributed by atoms with Crippen molar-refractivity contribution in [1.82, 2.24) is 35.3 Å². The van der Waals surface area contributed by atoms with Crippen LogP contribution in [0.3, 0.4) is 0 Å². The summed E-state index contributed by atoms with van der Waals surface area (Å²) in [5, 5.41) is 26.7. The van der Waals surface area contributed by atoms with E-state index in [0.717, 1.165) is 86.5 Å². The number of methoxy groups -OCH3 is 1. The first-order valence-electron chi connectivity index (χ1n) is 24.8. The summed E-state index contributed by atoms with van der Waals surface area (Å²) in [4.78, 5) is 70.4. The summed E-state index contributed by atoms with van der Waals surface area (Å²) in [6.07, 6.45) is 0.657. The molecular weight excluding hydrogens is 963 g/mol. The molecule has 3 aromatic heterocycles. The predicted molar refractivity (Wildman–Crippen MR) is 283 cm³/mol. The number of rotatable bonds is 13. The SMILES string of the molecule is COC(=O)C[C@@H]1N=C(c2ccc(N3CCC(Oc4cccc(C(=O)N[C@H](C(=O)N5C[C@H](O)C[C@H]5C(=O)N[C@@H](C)c5ccc(-c6scnc6C)cc5)C(C)(C)C)c4)CC3)cc2)c2c(sc(C)c2C)-n2c(C)nnc21. The number of anilines is 1. The number of aromatic nitrogens is 4. The number of aryl methyl sites for hydroxylation is 3. The van der Waals surface area contributed by atoms with E-state index < -0.39 is 41.5 Å². The first-order chi connectivity index (χ1) is 34.9. The molecule has 3 aliphatic rings. The van der Waals surface area contributed by atoms with Gasteiger partial charge in [-0.1, -0.05) is 63.2 Å². The number of carbonyl (C=O) groups is 4. The zero-order chi connectivity index (χ0) is 51.9. The molecule has 73 heavy (non-hydrogen) atoms. The number of nitrogens with zero attached hydrogens (tertiary/aromatic N) is 7. The number of hydrogen-bond donors (Lipinski definition) is 3. The summed E-state index contributed by atoms with van der Waals surface area (Å²) in [6.45, 7) is 17.1. The minimum absolute atomic E-state index is 0.0261. The van der Waals surface area contributed by atoms with Crippen molar-refractivity contribution in [2.75, 3.05) is 31.6 Å². The molecular formula is C55H63N9O7S2. The summed E-state index contributed by atoms with van der Waals surface area (Å²) >= 11 is 3.24. The highest BCUT2D eigenvalue weighted by Gasteiger charge is 2.45. The third kappa shape index (κ3) is 10.7. The van der Waals surface area contributed by atoms with Gasteiger partial charge in [0.05, 0.1) is 47.5 Å². The number of piperidine rings is 1. The first kappa shape index (κ1) is 51.2. The number of thiophene rings is 1. The van der Waals surface area contributed by atoms with Crippen molar-refractivity contribution in [3.8, 4) is 21.2 Å². The van der Waals surface area contributed by atoms with Gasteiger partial charge in [-0.15, -0.1) is 32.9 Å². The number of amides is 3. The summed E-state index contributed by atoms with van der Waals surface area (Å²) in [6, 6.07) is 20.5. The molecule has 6 aromatic rings. The van der Waals surface area contributed by atoms with Gasteiger partial charge in [-0.2, -0.15) is 0 Å². The van der Waals surface area contributed by atoms with Gasteiger partial charge in [0.1, 0.15) is 40.8 Å². The molecule has 0 spiro atoms. The van der Waals surface area contributed by atoms with Gasteiger partial charge in [0.15, 0.2) is 5.82 Å². The summed E-state index contributed by atoms with van der Waals surface area (Å²) in [7, 11) is 1.38. The van der Waals surface area contributed by atoms with Gasteiger partial charge in [-0.3, -0.25) is 28.7 Å². The van der Waals surface area contributed by atoms with Crippen molar-refractivity contribution >= 4 is 57.8 Å². The van der Waals surface area contributed by atoms with Gasteiger partial charge >= 0.3 is 5.97 Å². The molecule has 0 unspecified atom stereocenters. The second kappa shape index (κ2) is 21.0. The van der Waals surface area contributed by atoms with Crippen molar-refractivity contribution in [3.63, 3.8) is 0 Å². The Bertz CT molecular complexity index is 3060. The Balaban J connectivity index is 0.821. The fraction of sp³-hybridized carbons (Fsp3) is 0.418. The van der Waals surface area contributed by atoms with E-state index in [1.807, 2.05) is 82.0 Å². The summed E-state index contributed by atoms with van der Waals surface area (Å²) in [5.74, 6) is 0.270. The molecule has 0 bridgehead atoms. The zero-order valence-corrected chi connectivity index (χ0v) is 44.4. The number of nitrogens with one attached hydrogen (secondary N) is 2. The third-order valence-electron chi connectivity index (χ3n) is 14.2. The van der Waals surface area contributed by atoms with Crippen molar-refractivity contribution < 1.29 is 33.8 Å². The van der Waals surface area contributed by atoms with Crippen LogP contribution in [-0.2, 0) is 19.1 Å². The van der Waals surface area contributed by atoms with Crippen molar-refractivity contribution in [2.24, 2.45) is 10.4 Å². The van der Waals surface area contributed by atoms with E-state index in [9.17, 15) is 24.3 Å². The topological polar surface area (TPSA) is 193 Å². The van der Waals surface area contributed by atoms with E-state index in [1.165, 1.54) is 16.9 Å². The number of aliphatic hydroxyl groups is 1. The second-order valence-electron chi connectivity index (χ2n) is 20.3. The number of benzene rings is 3. The summed E-state index contributed by atoms with van der Waals surface area (Å²) < 4.78 is 13.6. The molecule has 0 aliphatic carbocycles. The fourth-order valence-electron chi connectivity index (χ4n) is 9.96. The Kier molecular flexibility index (Phi) is 14.7. The number of fused-ring (bicyclic) bond motifs is 3. The largest absolute Gasteiger partial charge is 0.490 e. The van der Waals surface area contributed by atoms with Crippen LogP contribution in [0.4, 0.5) is 5.69 Å². The average Bonchev–Trinajstić information content (AvgIpc) is 4.15. The van der Waals surface area contributed by atoms with Crippen LogP contribution in [0.25, 0.3) is 15.4 Å². The Morgan fingerprint density at radius 3 is 2.30 bits per heavy atom. The highest BCUT2D eigenvalue weighted by molar-refractivity contribution is 7.15. The Morgan fingerprint density at radius 2 is 1.63 bits per heavy atom. The molecule has 9 rings (SSSR count). The quantitative estimate of drug-likeness (QED) is 0.0945. The van der Waals surface area contributed by atoms with Gasteiger partial charge in [-0.05, 0) is 87.1 Å². The van der Waals surface area contributed by atoms with E-state index >= 15 is 0 Å². The van der Waals surface area contributed by atoms with Gasteiger partial charge < -0.3 is 35.0 Å². The maximum Gasteiger partial charge on any atom is 0.308 e. The van der Waals surface area contributed by atoms with Crippen molar-refractivity contribution in [1.29, 1.82) is 0 Å². The number of aliphatic hydroxyl groups excluding tert-OH is 1. The minimum atomic E-state index is -0.999. The van der Waals surface area contributed by atoms with Crippen LogP contribution in [0.5, 0.6) is 5.75 Å². The Hall–Kier alpha value is -6.76. The Labute approximate surface area is 433 Å².